The number of benzene rings is 1. The summed E-state index contributed by atoms with van der Waals surface area (Å²) in [6, 6.07) is 4.22. The van der Waals surface area contributed by atoms with Crippen molar-refractivity contribution in [3.05, 3.63) is 35.4 Å². The molecule has 0 spiro atoms. The van der Waals surface area contributed by atoms with Gasteiger partial charge in [0.1, 0.15) is 11.6 Å². The number of ether oxygens (including phenoxy) is 1. The highest BCUT2D eigenvalue weighted by Crippen LogP contribution is 2.32. The Morgan fingerprint density at radius 1 is 1.25 bits per heavy atom. The van der Waals surface area contributed by atoms with Gasteiger partial charge in [-0.25, -0.2) is 8.78 Å². The highest BCUT2D eigenvalue weighted by atomic mass is 19.1. The van der Waals surface area contributed by atoms with Gasteiger partial charge in [0.2, 0.25) is 5.91 Å². The van der Waals surface area contributed by atoms with Crippen molar-refractivity contribution in [1.29, 1.82) is 0 Å². The predicted molar refractivity (Wildman–Crippen MR) is 86.4 cm³/mol. The zero-order valence-electron chi connectivity index (χ0n) is 14.0. The minimum absolute atomic E-state index is 0.138. The summed E-state index contributed by atoms with van der Waals surface area (Å²) in [5.74, 6) is -0.416. The second kappa shape index (κ2) is 7.57. The average molecular weight is 338 g/mol. The number of carbonyl (C=O) groups is 1. The van der Waals surface area contributed by atoms with Crippen molar-refractivity contribution >= 4 is 5.91 Å². The molecule has 0 aromatic heterocycles. The summed E-state index contributed by atoms with van der Waals surface area (Å²) >= 11 is 0. The van der Waals surface area contributed by atoms with E-state index in [0.29, 0.717) is 25.5 Å². The Bertz CT molecular complexity index is 576. The van der Waals surface area contributed by atoms with Gasteiger partial charge < -0.3 is 9.64 Å². The van der Waals surface area contributed by atoms with E-state index >= 15 is 0 Å². The van der Waals surface area contributed by atoms with E-state index in [1.807, 2.05) is 4.90 Å². The fraction of sp³-hybridized carbons (Fsp3) is 0.611. The maximum atomic E-state index is 13.9. The molecule has 1 aromatic carbocycles. The molecule has 3 rings (SSSR count). The second-order valence-electron chi connectivity index (χ2n) is 6.67. The van der Waals surface area contributed by atoms with Crippen molar-refractivity contribution in [1.82, 2.24) is 9.80 Å². The molecule has 0 radical (unpaired) electrons. The number of hydrogen-bond acceptors (Lipinski definition) is 3. The lowest BCUT2D eigenvalue weighted by molar-refractivity contribution is -0.142. The molecule has 0 saturated carbocycles. The van der Waals surface area contributed by atoms with Crippen LogP contribution in [0, 0.1) is 17.6 Å². The summed E-state index contributed by atoms with van der Waals surface area (Å²) in [5.41, 5.74) is 0.138. The monoisotopic (exact) mass is 338 g/mol. The van der Waals surface area contributed by atoms with E-state index in [1.165, 1.54) is 18.2 Å². The average Bonchev–Trinajstić information content (AvgIpc) is 2.57. The van der Waals surface area contributed by atoms with Gasteiger partial charge in [-0.1, -0.05) is 6.07 Å². The van der Waals surface area contributed by atoms with Crippen LogP contribution in [0.5, 0.6) is 0 Å². The van der Waals surface area contributed by atoms with Crippen LogP contribution in [-0.2, 0) is 16.1 Å². The molecule has 2 fully saturated rings. The predicted octanol–water partition coefficient (Wildman–Crippen LogP) is 2.42. The SMILES string of the molecule is COCCN1C(=O)CC[C@@H]2CN(Cc3c(F)cccc3F)CC[C@@H]21. The van der Waals surface area contributed by atoms with Crippen molar-refractivity contribution in [3.63, 3.8) is 0 Å². The molecule has 4 nitrogen and oxygen atoms in total. The van der Waals surface area contributed by atoms with E-state index < -0.39 is 11.6 Å². The highest BCUT2D eigenvalue weighted by Gasteiger charge is 2.39. The van der Waals surface area contributed by atoms with E-state index in [0.717, 1.165) is 25.9 Å². The van der Waals surface area contributed by atoms with Crippen LogP contribution in [-0.4, -0.2) is 55.1 Å². The summed E-state index contributed by atoms with van der Waals surface area (Å²) in [4.78, 5) is 16.2. The summed E-state index contributed by atoms with van der Waals surface area (Å²) in [6.07, 6.45) is 2.24. The van der Waals surface area contributed by atoms with Gasteiger partial charge in [-0.3, -0.25) is 9.69 Å². The number of amides is 1. The molecule has 1 amide bonds. The standard InChI is InChI=1S/C18H24F2N2O2/c1-24-10-9-22-17-7-8-21(11-13(17)5-6-18(22)23)12-14-15(19)3-2-4-16(14)20/h2-4,13,17H,5-12H2,1H3/t13-,17+/m1/s1. The van der Waals surface area contributed by atoms with Crippen molar-refractivity contribution in [3.8, 4) is 0 Å². The van der Waals surface area contributed by atoms with Gasteiger partial charge in [-0.15, -0.1) is 0 Å². The van der Waals surface area contributed by atoms with Crippen LogP contribution in [0.4, 0.5) is 8.78 Å². The number of fused-ring (bicyclic) bond motifs is 1. The van der Waals surface area contributed by atoms with Crippen LogP contribution in [0.2, 0.25) is 0 Å². The molecule has 1 aromatic rings. The molecule has 0 unspecified atom stereocenters. The first-order chi connectivity index (χ1) is 11.6. The number of piperidine rings is 2. The largest absolute Gasteiger partial charge is 0.383 e. The quantitative estimate of drug-likeness (QED) is 0.827. The molecule has 2 heterocycles. The van der Waals surface area contributed by atoms with Crippen LogP contribution in [0.15, 0.2) is 18.2 Å². The highest BCUT2D eigenvalue weighted by molar-refractivity contribution is 5.77. The minimum Gasteiger partial charge on any atom is -0.383 e. The van der Waals surface area contributed by atoms with Crippen molar-refractivity contribution < 1.29 is 18.3 Å². The maximum absolute atomic E-state index is 13.9. The van der Waals surface area contributed by atoms with E-state index in [2.05, 4.69) is 4.90 Å². The fourth-order valence-corrected chi connectivity index (χ4v) is 3.96. The van der Waals surface area contributed by atoms with Gasteiger partial charge in [0, 0.05) is 51.3 Å². The van der Waals surface area contributed by atoms with Crippen molar-refractivity contribution in [2.45, 2.75) is 31.8 Å². The van der Waals surface area contributed by atoms with Crippen LogP contribution in [0.3, 0.4) is 0 Å². The zero-order chi connectivity index (χ0) is 17.1. The van der Waals surface area contributed by atoms with Gasteiger partial charge >= 0.3 is 0 Å². The summed E-state index contributed by atoms with van der Waals surface area (Å²) in [5, 5.41) is 0. The first-order valence-electron chi connectivity index (χ1n) is 8.53. The number of halogens is 2. The van der Waals surface area contributed by atoms with Crippen molar-refractivity contribution in [2.75, 3.05) is 33.4 Å². The normalized spacial score (nSPS) is 25.0. The lowest BCUT2D eigenvalue weighted by Gasteiger charge is -2.47. The second-order valence-corrected chi connectivity index (χ2v) is 6.67. The summed E-state index contributed by atoms with van der Waals surface area (Å²) in [6.45, 7) is 2.96. The molecule has 2 aliphatic rings. The summed E-state index contributed by atoms with van der Waals surface area (Å²) < 4.78 is 32.8. The van der Waals surface area contributed by atoms with Crippen LogP contribution < -0.4 is 0 Å². The Morgan fingerprint density at radius 3 is 2.71 bits per heavy atom. The number of rotatable bonds is 5. The molecule has 6 heteroatoms. The third kappa shape index (κ3) is 3.59. The Morgan fingerprint density at radius 2 is 2.00 bits per heavy atom. The Hall–Kier alpha value is -1.53. The minimum atomic E-state index is -0.488. The topological polar surface area (TPSA) is 32.8 Å². The van der Waals surface area contributed by atoms with Gasteiger partial charge in [-0.05, 0) is 30.9 Å². The van der Waals surface area contributed by atoms with Crippen LogP contribution >= 0.6 is 0 Å². The number of hydrogen-bond donors (Lipinski definition) is 0. The molecule has 2 saturated heterocycles. The van der Waals surface area contributed by atoms with Crippen LogP contribution in [0.25, 0.3) is 0 Å². The molecule has 132 valence electrons. The summed E-state index contributed by atoms with van der Waals surface area (Å²) in [7, 11) is 1.64. The fourth-order valence-electron chi connectivity index (χ4n) is 3.96. The number of nitrogens with zero attached hydrogens (tertiary/aromatic N) is 2. The van der Waals surface area contributed by atoms with Crippen molar-refractivity contribution in [2.24, 2.45) is 5.92 Å². The molecular weight excluding hydrogens is 314 g/mol. The van der Waals surface area contributed by atoms with E-state index in [4.69, 9.17) is 4.74 Å². The molecule has 2 atom stereocenters. The molecule has 0 aliphatic carbocycles. The van der Waals surface area contributed by atoms with E-state index in [1.54, 1.807) is 7.11 Å². The third-order valence-corrected chi connectivity index (χ3v) is 5.21. The maximum Gasteiger partial charge on any atom is 0.222 e. The molecule has 24 heavy (non-hydrogen) atoms. The molecule has 0 bridgehead atoms. The Labute approximate surface area is 141 Å². The Balaban J connectivity index is 1.65. The van der Waals surface area contributed by atoms with Gasteiger partial charge in [0.25, 0.3) is 0 Å². The van der Waals surface area contributed by atoms with E-state index in [9.17, 15) is 13.6 Å². The zero-order valence-corrected chi connectivity index (χ0v) is 14.0. The van der Waals surface area contributed by atoms with E-state index in [-0.39, 0.29) is 24.1 Å². The van der Waals surface area contributed by atoms with Gasteiger partial charge in [0.15, 0.2) is 0 Å². The Kier molecular flexibility index (Phi) is 5.46. The third-order valence-electron chi connectivity index (χ3n) is 5.21. The first-order valence-corrected chi connectivity index (χ1v) is 8.53. The smallest absolute Gasteiger partial charge is 0.222 e. The van der Waals surface area contributed by atoms with Gasteiger partial charge in [-0.2, -0.15) is 0 Å². The number of methoxy groups -OCH3 is 1. The van der Waals surface area contributed by atoms with Crippen LogP contribution in [0.1, 0.15) is 24.8 Å². The lowest BCUT2D eigenvalue weighted by atomic mass is 9.83. The number of carbonyl (C=O) groups excluding carboxylic acids is 1. The molecular formula is C18H24F2N2O2. The van der Waals surface area contributed by atoms with Gasteiger partial charge in [0.05, 0.1) is 6.61 Å². The molecule has 0 N–H and O–H groups in total. The first kappa shape index (κ1) is 17.3. The molecule has 2 aliphatic heterocycles. The number of likely N-dealkylation sites (tertiary alicyclic amines) is 2. The lowest BCUT2D eigenvalue weighted by Crippen LogP contribution is -2.56.